The summed E-state index contributed by atoms with van der Waals surface area (Å²) < 4.78 is 11.7. The molecule has 0 radical (unpaired) electrons. The molecule has 2 aromatic rings. The molecule has 0 fully saturated rings. The van der Waals surface area contributed by atoms with Crippen LogP contribution in [0.3, 0.4) is 0 Å². The minimum atomic E-state index is -0.191. The SMILES string of the molecule is CN(Cc1ccc(Br)o1)C(=O)c1ccc(Br)o1. The van der Waals surface area contributed by atoms with Gasteiger partial charge in [0.2, 0.25) is 0 Å². The number of carbonyl (C=O) groups is 1. The van der Waals surface area contributed by atoms with Crippen molar-refractivity contribution in [1.82, 2.24) is 4.90 Å². The quantitative estimate of drug-likeness (QED) is 0.836. The van der Waals surface area contributed by atoms with Crippen molar-refractivity contribution in [3.8, 4) is 0 Å². The third kappa shape index (κ3) is 3.01. The molecule has 90 valence electrons. The van der Waals surface area contributed by atoms with Crippen LogP contribution in [0.5, 0.6) is 0 Å². The van der Waals surface area contributed by atoms with Crippen LogP contribution in [0.15, 0.2) is 42.4 Å². The van der Waals surface area contributed by atoms with Crippen LogP contribution in [0.1, 0.15) is 16.3 Å². The van der Waals surface area contributed by atoms with Crippen LogP contribution >= 0.6 is 31.9 Å². The Morgan fingerprint density at radius 3 is 2.35 bits per heavy atom. The Balaban J connectivity index is 2.05. The third-order valence-electron chi connectivity index (χ3n) is 2.15. The van der Waals surface area contributed by atoms with Crippen LogP contribution in [-0.2, 0) is 6.54 Å². The van der Waals surface area contributed by atoms with Crippen molar-refractivity contribution >= 4 is 37.8 Å². The van der Waals surface area contributed by atoms with Gasteiger partial charge in [-0.05, 0) is 56.1 Å². The molecule has 0 aliphatic heterocycles. The molecule has 2 aromatic heterocycles. The highest BCUT2D eigenvalue weighted by atomic mass is 79.9. The van der Waals surface area contributed by atoms with Crippen LogP contribution in [-0.4, -0.2) is 17.9 Å². The minimum absolute atomic E-state index is 0.191. The van der Waals surface area contributed by atoms with E-state index in [1.807, 2.05) is 6.07 Å². The molecular weight excluding hydrogens is 354 g/mol. The van der Waals surface area contributed by atoms with Crippen molar-refractivity contribution in [1.29, 1.82) is 0 Å². The van der Waals surface area contributed by atoms with E-state index in [0.717, 1.165) is 0 Å². The second-order valence-corrected chi connectivity index (χ2v) is 5.03. The van der Waals surface area contributed by atoms with Gasteiger partial charge in [-0.2, -0.15) is 0 Å². The van der Waals surface area contributed by atoms with Crippen molar-refractivity contribution < 1.29 is 13.6 Å². The molecule has 0 aliphatic carbocycles. The third-order valence-corrected chi connectivity index (χ3v) is 3.00. The van der Waals surface area contributed by atoms with Gasteiger partial charge in [-0.1, -0.05) is 0 Å². The van der Waals surface area contributed by atoms with Gasteiger partial charge in [0.25, 0.3) is 5.91 Å². The molecule has 0 atom stereocenters. The van der Waals surface area contributed by atoms with Crippen LogP contribution < -0.4 is 0 Å². The zero-order valence-corrected chi connectivity index (χ0v) is 12.1. The molecule has 1 amide bonds. The monoisotopic (exact) mass is 361 g/mol. The molecule has 0 aliphatic rings. The number of halogens is 2. The zero-order chi connectivity index (χ0) is 12.4. The molecule has 2 heterocycles. The number of furan rings is 2. The van der Waals surface area contributed by atoms with E-state index in [4.69, 9.17) is 8.83 Å². The highest BCUT2D eigenvalue weighted by Gasteiger charge is 2.16. The van der Waals surface area contributed by atoms with E-state index in [9.17, 15) is 4.79 Å². The van der Waals surface area contributed by atoms with Crippen LogP contribution in [0, 0.1) is 0 Å². The largest absolute Gasteiger partial charge is 0.452 e. The molecule has 0 unspecified atom stereocenters. The summed E-state index contributed by atoms with van der Waals surface area (Å²) >= 11 is 6.37. The lowest BCUT2D eigenvalue weighted by molar-refractivity contribution is 0.0742. The number of nitrogens with zero attached hydrogens (tertiary/aromatic N) is 1. The molecule has 4 nitrogen and oxygen atoms in total. The molecule has 0 aromatic carbocycles. The van der Waals surface area contributed by atoms with Gasteiger partial charge in [0.15, 0.2) is 15.1 Å². The maximum Gasteiger partial charge on any atom is 0.289 e. The van der Waals surface area contributed by atoms with Gasteiger partial charge in [-0.25, -0.2) is 0 Å². The Morgan fingerprint density at radius 1 is 1.18 bits per heavy atom. The summed E-state index contributed by atoms with van der Waals surface area (Å²) in [5.41, 5.74) is 0. The minimum Gasteiger partial charge on any atom is -0.452 e. The summed E-state index contributed by atoms with van der Waals surface area (Å²) in [5.74, 6) is 0.812. The number of amides is 1. The van der Waals surface area contributed by atoms with Gasteiger partial charge in [-0.15, -0.1) is 0 Å². The predicted molar refractivity (Wildman–Crippen MR) is 68.6 cm³/mol. The highest BCUT2D eigenvalue weighted by Crippen LogP contribution is 2.18. The molecular formula is C11H9Br2NO3. The van der Waals surface area contributed by atoms with Gasteiger partial charge in [0.05, 0.1) is 6.54 Å². The van der Waals surface area contributed by atoms with Crippen molar-refractivity contribution in [2.75, 3.05) is 7.05 Å². The summed E-state index contributed by atoms with van der Waals surface area (Å²) in [6.07, 6.45) is 0. The fourth-order valence-electron chi connectivity index (χ4n) is 1.36. The van der Waals surface area contributed by atoms with Crippen molar-refractivity contribution in [3.05, 3.63) is 45.1 Å². The molecule has 0 spiro atoms. The predicted octanol–water partition coefficient (Wildman–Crippen LogP) is 3.67. The average molecular weight is 363 g/mol. The lowest BCUT2D eigenvalue weighted by atomic mass is 10.3. The second kappa shape index (κ2) is 5.10. The van der Waals surface area contributed by atoms with E-state index in [2.05, 4.69) is 31.9 Å². The van der Waals surface area contributed by atoms with Gasteiger partial charge < -0.3 is 13.7 Å². The first-order valence-corrected chi connectivity index (χ1v) is 6.40. The Bertz CT molecular complexity index is 532. The molecule has 0 bridgehead atoms. The van der Waals surface area contributed by atoms with Gasteiger partial charge in [0.1, 0.15) is 5.76 Å². The maximum absolute atomic E-state index is 11.9. The van der Waals surface area contributed by atoms with Crippen LogP contribution in [0.25, 0.3) is 0 Å². The smallest absolute Gasteiger partial charge is 0.289 e. The number of hydrogen-bond acceptors (Lipinski definition) is 3. The van der Waals surface area contributed by atoms with E-state index in [1.165, 1.54) is 4.90 Å². The first kappa shape index (κ1) is 12.4. The number of hydrogen-bond donors (Lipinski definition) is 0. The topological polar surface area (TPSA) is 46.6 Å². The summed E-state index contributed by atoms with van der Waals surface area (Å²) in [4.78, 5) is 13.5. The molecule has 0 saturated carbocycles. The average Bonchev–Trinajstić information content (AvgIpc) is 2.87. The van der Waals surface area contributed by atoms with Crippen molar-refractivity contribution in [2.45, 2.75) is 6.54 Å². The fraction of sp³-hybridized carbons (Fsp3) is 0.182. The molecule has 6 heteroatoms. The summed E-state index contributed by atoms with van der Waals surface area (Å²) in [6, 6.07) is 6.91. The van der Waals surface area contributed by atoms with Crippen LogP contribution in [0.4, 0.5) is 0 Å². The summed E-state index contributed by atoms with van der Waals surface area (Å²) in [7, 11) is 1.69. The van der Waals surface area contributed by atoms with Crippen LogP contribution in [0.2, 0.25) is 0 Å². The number of carbonyl (C=O) groups excluding carboxylic acids is 1. The summed E-state index contributed by atoms with van der Waals surface area (Å²) in [6.45, 7) is 0.392. The van der Waals surface area contributed by atoms with E-state index in [-0.39, 0.29) is 5.91 Å². The standard InChI is InChI=1S/C11H9Br2NO3/c1-14(6-7-2-4-9(12)16-7)11(15)8-3-5-10(13)17-8/h2-5H,6H2,1H3. The van der Waals surface area contributed by atoms with E-state index in [1.54, 1.807) is 25.2 Å². The first-order valence-electron chi connectivity index (χ1n) is 4.81. The zero-order valence-electron chi connectivity index (χ0n) is 8.94. The van der Waals surface area contributed by atoms with E-state index >= 15 is 0 Å². The summed E-state index contributed by atoms with van der Waals surface area (Å²) in [5, 5.41) is 0. The van der Waals surface area contributed by atoms with Gasteiger partial charge in [-0.3, -0.25) is 4.79 Å². The Kier molecular flexibility index (Phi) is 3.73. The Morgan fingerprint density at radius 2 is 1.82 bits per heavy atom. The van der Waals surface area contributed by atoms with E-state index < -0.39 is 0 Å². The van der Waals surface area contributed by atoms with Crippen molar-refractivity contribution in [2.24, 2.45) is 0 Å². The van der Waals surface area contributed by atoms with Gasteiger partial charge >= 0.3 is 0 Å². The lowest BCUT2D eigenvalue weighted by Gasteiger charge is -2.13. The molecule has 2 rings (SSSR count). The molecule has 0 saturated heterocycles. The Labute approximate surface area is 115 Å². The van der Waals surface area contributed by atoms with Crippen molar-refractivity contribution in [3.63, 3.8) is 0 Å². The first-order chi connectivity index (χ1) is 8.06. The highest BCUT2D eigenvalue weighted by molar-refractivity contribution is 9.10. The van der Waals surface area contributed by atoms with E-state index in [0.29, 0.717) is 27.4 Å². The number of rotatable bonds is 3. The molecule has 17 heavy (non-hydrogen) atoms. The molecule has 0 N–H and O–H groups in total. The second-order valence-electron chi connectivity index (χ2n) is 3.47. The van der Waals surface area contributed by atoms with Gasteiger partial charge in [0, 0.05) is 7.05 Å². The fourth-order valence-corrected chi connectivity index (χ4v) is 2.01. The maximum atomic E-state index is 11.9. The Hall–Kier alpha value is -1.01. The normalized spacial score (nSPS) is 10.5. The lowest BCUT2D eigenvalue weighted by Crippen LogP contribution is -2.25.